The second-order valence-electron chi connectivity index (χ2n) is 6.82. The van der Waals surface area contributed by atoms with E-state index in [1.807, 2.05) is 0 Å². The average molecular weight is 448 g/mol. The molecule has 1 aliphatic heterocycles. The lowest BCUT2D eigenvalue weighted by atomic mass is 9.93. The molecule has 0 aromatic heterocycles. The largest absolute Gasteiger partial charge is 0.416 e. The minimum Gasteiger partial charge on any atom is -0.341 e. The number of hydrogen-bond acceptors (Lipinski definition) is 1. The van der Waals surface area contributed by atoms with E-state index in [0.717, 1.165) is 12.1 Å². The van der Waals surface area contributed by atoms with Crippen LogP contribution < -0.4 is 5.32 Å². The van der Waals surface area contributed by atoms with Crippen molar-refractivity contribution >= 4 is 17.5 Å². The fraction of sp³-hybridized carbons (Fsp3) is 0.0870. The van der Waals surface area contributed by atoms with Crippen LogP contribution in [0.5, 0.6) is 0 Å². The molecular weight excluding hydrogens is 437 g/mol. The third-order valence-corrected chi connectivity index (χ3v) is 5.09. The Morgan fingerprint density at radius 3 is 2.45 bits per heavy atom. The molecule has 4 rings (SSSR count). The number of hydrogen-bond donors (Lipinski definition) is 1. The Kier molecular flexibility index (Phi) is 5.19. The Morgan fingerprint density at radius 2 is 1.71 bits per heavy atom. The molecule has 31 heavy (non-hydrogen) atoms. The van der Waals surface area contributed by atoms with Gasteiger partial charge in [-0.2, -0.15) is 13.2 Å². The van der Waals surface area contributed by atoms with Crippen molar-refractivity contribution in [2.75, 3.05) is 0 Å². The van der Waals surface area contributed by atoms with Gasteiger partial charge in [0.25, 0.3) is 5.91 Å². The summed E-state index contributed by atoms with van der Waals surface area (Å²) in [5.74, 6) is 3.19. The van der Waals surface area contributed by atoms with E-state index in [2.05, 4.69) is 17.2 Å². The standard InChI is InChI=1S/C23H11ClF5NO/c24-19-7-6-15(25)11-18(19)21-20-13(2-1-3-17(20)22(31)30-21)5-4-12-8-14(23(27,28)29)10-16(26)9-12/h1-3,6-11,21H,(H,30,31). The average Bonchev–Trinajstić information content (AvgIpc) is 3.04. The molecule has 0 radical (unpaired) electrons. The van der Waals surface area contributed by atoms with Crippen LogP contribution in [0, 0.1) is 23.5 Å². The van der Waals surface area contributed by atoms with Gasteiger partial charge in [0.1, 0.15) is 11.6 Å². The molecule has 0 bridgehead atoms. The van der Waals surface area contributed by atoms with Crippen molar-refractivity contribution in [3.63, 3.8) is 0 Å². The Balaban J connectivity index is 1.82. The number of carbonyl (C=O) groups excluding carboxylic acids is 1. The highest BCUT2D eigenvalue weighted by atomic mass is 35.5. The lowest BCUT2D eigenvalue weighted by molar-refractivity contribution is -0.137. The number of benzene rings is 3. The fourth-order valence-corrected chi connectivity index (χ4v) is 3.62. The molecule has 1 heterocycles. The number of rotatable bonds is 1. The Bertz CT molecular complexity index is 1270. The van der Waals surface area contributed by atoms with Gasteiger partial charge in [0.15, 0.2) is 0 Å². The van der Waals surface area contributed by atoms with Crippen molar-refractivity contribution in [2.45, 2.75) is 12.2 Å². The Labute approximate surface area is 178 Å². The van der Waals surface area contributed by atoms with Crippen molar-refractivity contribution < 1.29 is 26.7 Å². The van der Waals surface area contributed by atoms with E-state index in [-0.39, 0.29) is 16.1 Å². The molecule has 0 saturated carbocycles. The predicted octanol–water partition coefficient (Wildman–Crippen LogP) is 5.87. The number of fused-ring (bicyclic) bond motifs is 1. The van der Waals surface area contributed by atoms with Gasteiger partial charge >= 0.3 is 6.18 Å². The third kappa shape index (κ3) is 4.12. The second kappa shape index (κ2) is 7.71. The van der Waals surface area contributed by atoms with Crippen molar-refractivity contribution in [1.82, 2.24) is 5.32 Å². The lowest BCUT2D eigenvalue weighted by Gasteiger charge is -2.15. The topological polar surface area (TPSA) is 29.1 Å². The van der Waals surface area contributed by atoms with Gasteiger partial charge < -0.3 is 5.32 Å². The van der Waals surface area contributed by atoms with Crippen molar-refractivity contribution in [1.29, 1.82) is 0 Å². The highest BCUT2D eigenvalue weighted by Crippen LogP contribution is 2.37. The van der Waals surface area contributed by atoms with Gasteiger partial charge in [-0.25, -0.2) is 8.78 Å². The zero-order chi connectivity index (χ0) is 22.3. The molecule has 0 spiro atoms. The second-order valence-corrected chi connectivity index (χ2v) is 7.22. The first-order valence-electron chi connectivity index (χ1n) is 8.92. The van der Waals surface area contributed by atoms with E-state index in [9.17, 15) is 26.7 Å². The summed E-state index contributed by atoms with van der Waals surface area (Å²) < 4.78 is 66.3. The van der Waals surface area contributed by atoms with Crippen LogP contribution in [0.2, 0.25) is 5.02 Å². The van der Waals surface area contributed by atoms with Gasteiger partial charge in [-0.15, -0.1) is 0 Å². The molecule has 1 aliphatic rings. The molecule has 1 N–H and O–H groups in total. The van der Waals surface area contributed by atoms with Gasteiger partial charge in [0.05, 0.1) is 11.6 Å². The number of amides is 1. The summed E-state index contributed by atoms with van der Waals surface area (Å²) in [7, 11) is 0. The summed E-state index contributed by atoms with van der Waals surface area (Å²) in [5.41, 5.74) is -0.00155. The molecule has 0 aliphatic carbocycles. The summed E-state index contributed by atoms with van der Waals surface area (Å²) in [5, 5.41) is 2.94. The van der Waals surface area contributed by atoms with Crippen LogP contribution in [0.25, 0.3) is 0 Å². The highest BCUT2D eigenvalue weighted by Gasteiger charge is 2.33. The van der Waals surface area contributed by atoms with Crippen LogP contribution in [0.4, 0.5) is 22.0 Å². The van der Waals surface area contributed by atoms with E-state index in [1.165, 1.54) is 18.2 Å². The molecule has 2 nitrogen and oxygen atoms in total. The zero-order valence-corrected chi connectivity index (χ0v) is 16.2. The molecule has 3 aromatic rings. The van der Waals surface area contributed by atoms with Gasteiger partial charge in [0.2, 0.25) is 0 Å². The number of carbonyl (C=O) groups is 1. The molecule has 8 heteroatoms. The normalized spacial score (nSPS) is 15.2. The maximum absolute atomic E-state index is 13.8. The summed E-state index contributed by atoms with van der Waals surface area (Å²) in [6.07, 6.45) is -4.72. The van der Waals surface area contributed by atoms with Crippen molar-refractivity contribution in [3.8, 4) is 11.8 Å². The monoisotopic (exact) mass is 447 g/mol. The summed E-state index contributed by atoms with van der Waals surface area (Å²) in [4.78, 5) is 12.4. The van der Waals surface area contributed by atoms with Crippen LogP contribution in [-0.2, 0) is 6.18 Å². The number of alkyl halides is 3. The lowest BCUT2D eigenvalue weighted by Crippen LogP contribution is -2.20. The van der Waals surface area contributed by atoms with E-state index in [4.69, 9.17) is 11.6 Å². The number of nitrogens with one attached hydrogen (secondary N) is 1. The Hall–Kier alpha value is -3.37. The van der Waals surface area contributed by atoms with E-state index in [0.29, 0.717) is 22.8 Å². The molecule has 0 fully saturated rings. The maximum Gasteiger partial charge on any atom is 0.416 e. The third-order valence-electron chi connectivity index (χ3n) is 4.75. The van der Waals surface area contributed by atoms with Crippen LogP contribution in [0.15, 0.2) is 54.6 Å². The highest BCUT2D eigenvalue weighted by molar-refractivity contribution is 6.31. The molecule has 3 aromatic carbocycles. The molecule has 1 unspecified atom stereocenters. The first-order chi connectivity index (χ1) is 14.6. The first kappa shape index (κ1) is 20.9. The molecule has 1 amide bonds. The predicted molar refractivity (Wildman–Crippen MR) is 105 cm³/mol. The summed E-state index contributed by atoms with van der Waals surface area (Å²) in [6, 6.07) is 9.61. The minimum absolute atomic E-state index is 0.178. The van der Waals surface area contributed by atoms with E-state index < -0.39 is 35.3 Å². The molecule has 0 saturated heterocycles. The van der Waals surface area contributed by atoms with Gasteiger partial charge in [-0.3, -0.25) is 4.79 Å². The maximum atomic E-state index is 13.8. The summed E-state index contributed by atoms with van der Waals surface area (Å²) >= 11 is 6.19. The summed E-state index contributed by atoms with van der Waals surface area (Å²) in [6.45, 7) is 0. The van der Waals surface area contributed by atoms with Crippen molar-refractivity contribution in [2.24, 2.45) is 0 Å². The van der Waals surface area contributed by atoms with Gasteiger partial charge in [-0.05, 0) is 48.5 Å². The minimum atomic E-state index is -4.72. The first-order valence-corrected chi connectivity index (χ1v) is 9.30. The Morgan fingerprint density at radius 1 is 0.935 bits per heavy atom. The molecule has 156 valence electrons. The quantitative estimate of drug-likeness (QED) is 0.367. The van der Waals surface area contributed by atoms with Crippen LogP contribution in [0.3, 0.4) is 0 Å². The van der Waals surface area contributed by atoms with Crippen molar-refractivity contribution in [3.05, 3.63) is 105 Å². The van der Waals surface area contributed by atoms with Crippen LogP contribution >= 0.6 is 11.6 Å². The van der Waals surface area contributed by atoms with Crippen LogP contribution in [-0.4, -0.2) is 5.91 Å². The smallest absolute Gasteiger partial charge is 0.341 e. The SMILES string of the molecule is O=C1NC(c2cc(F)ccc2Cl)c2c(C#Cc3cc(F)cc(C(F)(F)F)c3)cccc21. The van der Waals surface area contributed by atoms with Gasteiger partial charge in [0, 0.05) is 32.8 Å². The van der Waals surface area contributed by atoms with E-state index in [1.54, 1.807) is 18.2 Å². The van der Waals surface area contributed by atoms with Crippen LogP contribution in [0.1, 0.15) is 44.2 Å². The molecular formula is C23H11ClF5NO. The fourth-order valence-electron chi connectivity index (χ4n) is 3.40. The van der Waals surface area contributed by atoms with Gasteiger partial charge in [-0.1, -0.05) is 29.5 Å². The number of halogens is 6. The molecule has 1 atom stereocenters. The zero-order valence-electron chi connectivity index (χ0n) is 15.4. The van der Waals surface area contributed by atoms with E-state index >= 15 is 0 Å².